The Labute approximate surface area is 113 Å². The van der Waals surface area contributed by atoms with Crippen molar-refractivity contribution in [3.63, 3.8) is 0 Å². The minimum Gasteiger partial charge on any atom is -0.483 e. The highest BCUT2D eigenvalue weighted by Crippen LogP contribution is 2.28. The summed E-state index contributed by atoms with van der Waals surface area (Å²) >= 11 is 5.80. The summed E-state index contributed by atoms with van der Waals surface area (Å²) in [4.78, 5) is 14.9. The molecule has 0 bridgehead atoms. The van der Waals surface area contributed by atoms with E-state index in [1.54, 1.807) is 0 Å². The number of pyridine rings is 1. The largest absolute Gasteiger partial charge is 0.483 e. The highest BCUT2D eigenvalue weighted by molar-refractivity contribution is 6.32. The Balaban J connectivity index is 2.22. The van der Waals surface area contributed by atoms with Crippen molar-refractivity contribution < 1.29 is 19.0 Å². The minimum atomic E-state index is -1.12. The van der Waals surface area contributed by atoms with Crippen LogP contribution in [0.25, 0.3) is 0 Å². The van der Waals surface area contributed by atoms with Crippen molar-refractivity contribution in [1.29, 1.82) is 0 Å². The van der Waals surface area contributed by atoms with Crippen LogP contribution in [-0.4, -0.2) is 16.1 Å². The van der Waals surface area contributed by atoms with Gasteiger partial charge in [-0.1, -0.05) is 17.7 Å². The second-order valence-electron chi connectivity index (χ2n) is 3.64. The number of hydrogen-bond acceptors (Lipinski definition) is 3. The lowest BCUT2D eigenvalue weighted by Gasteiger charge is -2.09. The second-order valence-corrected chi connectivity index (χ2v) is 4.05. The molecule has 0 spiro atoms. The number of nitrogens with zero attached hydrogens (tertiary/aromatic N) is 1. The number of halogens is 2. The van der Waals surface area contributed by atoms with E-state index in [2.05, 4.69) is 4.98 Å². The zero-order chi connectivity index (χ0) is 13.8. The summed E-state index contributed by atoms with van der Waals surface area (Å²) in [5, 5.41) is 9.09. The molecule has 0 unspecified atom stereocenters. The van der Waals surface area contributed by atoms with Crippen LogP contribution in [0, 0.1) is 5.82 Å². The van der Waals surface area contributed by atoms with E-state index >= 15 is 0 Å². The van der Waals surface area contributed by atoms with Gasteiger partial charge in [0, 0.05) is 6.20 Å². The molecule has 0 aliphatic carbocycles. The van der Waals surface area contributed by atoms with E-state index in [0.717, 1.165) is 0 Å². The highest BCUT2D eigenvalue weighted by Gasteiger charge is 2.13. The first-order valence-electron chi connectivity index (χ1n) is 5.33. The number of rotatable bonds is 4. The Bertz CT molecular complexity index is 598. The molecule has 6 heteroatoms. The number of hydrogen-bond donors (Lipinski definition) is 1. The number of benzene rings is 1. The number of carboxylic acids is 1. The van der Waals surface area contributed by atoms with Gasteiger partial charge in [-0.25, -0.2) is 9.18 Å². The van der Waals surface area contributed by atoms with Crippen LogP contribution in [0.4, 0.5) is 4.39 Å². The van der Waals surface area contributed by atoms with E-state index in [9.17, 15) is 9.18 Å². The van der Waals surface area contributed by atoms with E-state index in [1.165, 1.54) is 36.5 Å². The molecule has 1 N–H and O–H groups in total. The topological polar surface area (TPSA) is 59.4 Å². The predicted octanol–water partition coefficient (Wildman–Crippen LogP) is 3.15. The lowest BCUT2D eigenvalue weighted by Crippen LogP contribution is -2.08. The molecule has 4 nitrogen and oxygen atoms in total. The van der Waals surface area contributed by atoms with Crippen molar-refractivity contribution in [3.8, 4) is 5.75 Å². The average molecular weight is 282 g/mol. The van der Waals surface area contributed by atoms with Crippen LogP contribution in [0.5, 0.6) is 5.75 Å². The van der Waals surface area contributed by atoms with Crippen molar-refractivity contribution in [2.45, 2.75) is 6.61 Å². The highest BCUT2D eigenvalue weighted by atomic mass is 35.5. The molecule has 2 aromatic rings. The van der Waals surface area contributed by atoms with Gasteiger partial charge in [-0.15, -0.1) is 0 Å². The van der Waals surface area contributed by atoms with E-state index < -0.39 is 11.8 Å². The van der Waals surface area contributed by atoms with Gasteiger partial charge in [-0.05, 0) is 24.3 Å². The Kier molecular flexibility index (Phi) is 3.97. The summed E-state index contributed by atoms with van der Waals surface area (Å²) in [6.45, 7) is -0.177. The monoisotopic (exact) mass is 281 g/mol. The third kappa shape index (κ3) is 3.00. The maximum atomic E-state index is 13.5. The molecule has 0 atom stereocenters. The molecule has 1 aromatic heterocycles. The maximum absolute atomic E-state index is 13.5. The van der Waals surface area contributed by atoms with Crippen LogP contribution in [0.15, 0.2) is 36.5 Å². The summed E-state index contributed by atoms with van der Waals surface area (Å²) in [7, 11) is 0. The Hall–Kier alpha value is -2.14. The molecule has 0 fully saturated rings. The molecule has 0 amide bonds. The Morgan fingerprint density at radius 3 is 2.84 bits per heavy atom. The number of para-hydroxylation sites is 1. The molecule has 1 heterocycles. The lowest BCUT2D eigenvalue weighted by molar-refractivity contribution is 0.0693. The minimum absolute atomic E-state index is 0.00922. The molecular weight excluding hydrogens is 273 g/mol. The number of carboxylic acid groups (broad SMARTS) is 1. The van der Waals surface area contributed by atoms with E-state index in [-0.39, 0.29) is 28.6 Å². The maximum Gasteiger partial charge on any atom is 0.337 e. The second kappa shape index (κ2) is 5.67. The third-order valence-electron chi connectivity index (χ3n) is 2.39. The fourth-order valence-corrected chi connectivity index (χ4v) is 1.73. The zero-order valence-electron chi connectivity index (χ0n) is 9.64. The number of carbonyl (C=O) groups is 1. The summed E-state index contributed by atoms with van der Waals surface area (Å²) in [6, 6.07) is 7.04. The molecule has 19 heavy (non-hydrogen) atoms. The smallest absolute Gasteiger partial charge is 0.337 e. The number of aromatic carboxylic acids is 1. The van der Waals surface area contributed by atoms with Crippen molar-refractivity contribution in [1.82, 2.24) is 4.98 Å². The van der Waals surface area contributed by atoms with Crippen LogP contribution < -0.4 is 4.74 Å². The van der Waals surface area contributed by atoms with Crippen LogP contribution in [0.2, 0.25) is 5.02 Å². The molecule has 0 aliphatic rings. The molecule has 98 valence electrons. The molecular formula is C13H9ClFNO3. The number of aromatic nitrogens is 1. The van der Waals surface area contributed by atoms with Crippen molar-refractivity contribution in [2.24, 2.45) is 0 Å². The summed E-state index contributed by atoms with van der Waals surface area (Å²) in [6.07, 6.45) is 1.44. The summed E-state index contributed by atoms with van der Waals surface area (Å²) < 4.78 is 18.7. The van der Waals surface area contributed by atoms with Gasteiger partial charge in [-0.2, -0.15) is 0 Å². The van der Waals surface area contributed by atoms with Crippen LogP contribution in [0.1, 0.15) is 16.1 Å². The van der Waals surface area contributed by atoms with Gasteiger partial charge in [0.1, 0.15) is 6.61 Å². The van der Waals surface area contributed by atoms with Gasteiger partial charge in [0.25, 0.3) is 0 Å². The van der Waals surface area contributed by atoms with Crippen molar-refractivity contribution >= 4 is 17.6 Å². The Morgan fingerprint density at radius 2 is 2.16 bits per heavy atom. The quantitative estimate of drug-likeness (QED) is 0.935. The molecule has 0 saturated carbocycles. The average Bonchev–Trinajstić information content (AvgIpc) is 2.38. The van der Waals surface area contributed by atoms with Gasteiger partial charge in [-0.3, -0.25) is 4.98 Å². The fourth-order valence-electron chi connectivity index (χ4n) is 1.51. The van der Waals surface area contributed by atoms with Crippen molar-refractivity contribution in [3.05, 3.63) is 58.6 Å². The van der Waals surface area contributed by atoms with E-state index in [1.807, 2.05) is 0 Å². The predicted molar refractivity (Wildman–Crippen MR) is 66.9 cm³/mol. The van der Waals surface area contributed by atoms with Gasteiger partial charge in [0.05, 0.1) is 16.3 Å². The Morgan fingerprint density at radius 1 is 1.37 bits per heavy atom. The molecule has 1 aromatic carbocycles. The van der Waals surface area contributed by atoms with E-state index in [4.69, 9.17) is 21.4 Å². The van der Waals surface area contributed by atoms with Crippen LogP contribution in [-0.2, 0) is 6.61 Å². The molecule has 0 aliphatic heterocycles. The first kappa shape index (κ1) is 13.3. The molecule has 0 saturated heterocycles. The van der Waals surface area contributed by atoms with Gasteiger partial charge < -0.3 is 9.84 Å². The van der Waals surface area contributed by atoms with Gasteiger partial charge >= 0.3 is 5.97 Å². The zero-order valence-corrected chi connectivity index (χ0v) is 10.4. The lowest BCUT2D eigenvalue weighted by atomic mass is 10.2. The SMILES string of the molecule is O=C(O)c1cccnc1COc1c(F)cccc1Cl. The standard InChI is InChI=1S/C13H9ClFNO3/c14-9-4-1-5-10(15)12(9)19-7-11-8(13(17)18)3-2-6-16-11/h1-6H,7H2,(H,17,18). The third-order valence-corrected chi connectivity index (χ3v) is 2.69. The van der Waals surface area contributed by atoms with E-state index in [0.29, 0.717) is 0 Å². The van der Waals surface area contributed by atoms with Crippen molar-refractivity contribution in [2.75, 3.05) is 0 Å². The fraction of sp³-hybridized carbons (Fsp3) is 0.0769. The summed E-state index contributed by atoms with van der Waals surface area (Å²) in [5.41, 5.74) is 0.212. The van der Waals surface area contributed by atoms with Crippen LogP contribution >= 0.6 is 11.6 Å². The number of ether oxygens (including phenoxy) is 1. The van der Waals surface area contributed by atoms with Gasteiger partial charge in [0.2, 0.25) is 0 Å². The normalized spacial score (nSPS) is 10.2. The van der Waals surface area contributed by atoms with Gasteiger partial charge in [0.15, 0.2) is 11.6 Å². The molecule has 2 rings (SSSR count). The molecule has 0 radical (unpaired) electrons. The summed E-state index contributed by atoms with van der Waals surface area (Å²) in [5.74, 6) is -1.85. The van der Waals surface area contributed by atoms with Crippen LogP contribution in [0.3, 0.4) is 0 Å². The first-order valence-corrected chi connectivity index (χ1v) is 5.71. The first-order chi connectivity index (χ1) is 9.09.